The van der Waals surface area contributed by atoms with Gasteiger partial charge in [-0.05, 0) is 19.3 Å². The molecule has 23 heavy (non-hydrogen) atoms. The Balaban J connectivity index is 1.50. The van der Waals surface area contributed by atoms with E-state index >= 15 is 0 Å². The normalized spacial score (nSPS) is 16.0. The van der Waals surface area contributed by atoms with E-state index in [0.717, 1.165) is 36.5 Å². The van der Waals surface area contributed by atoms with E-state index in [1.807, 2.05) is 34.0 Å². The molecule has 2 aromatic heterocycles. The molecule has 2 amide bonds. The van der Waals surface area contributed by atoms with Crippen LogP contribution in [-0.2, 0) is 16.0 Å². The molecule has 7 heteroatoms. The van der Waals surface area contributed by atoms with Crippen molar-refractivity contribution < 1.29 is 9.59 Å². The Morgan fingerprint density at radius 3 is 2.87 bits per heavy atom. The molecular formula is C16H22N4O2S. The predicted molar refractivity (Wildman–Crippen MR) is 89.4 cm³/mol. The molecule has 6 nitrogen and oxygen atoms in total. The molecule has 0 spiro atoms. The van der Waals surface area contributed by atoms with Gasteiger partial charge >= 0.3 is 0 Å². The molecule has 0 aliphatic carbocycles. The van der Waals surface area contributed by atoms with Gasteiger partial charge in [0.1, 0.15) is 0 Å². The summed E-state index contributed by atoms with van der Waals surface area (Å²) in [5.74, 6) is 0.278. The number of nitrogens with one attached hydrogen (secondary N) is 1. The number of nitrogens with zero attached hydrogens (tertiary/aromatic N) is 3. The fourth-order valence-corrected chi connectivity index (χ4v) is 3.63. The summed E-state index contributed by atoms with van der Waals surface area (Å²) in [6, 6.07) is 0. The molecule has 1 aliphatic heterocycles. The average molecular weight is 334 g/mol. The number of thiazole rings is 1. The van der Waals surface area contributed by atoms with Gasteiger partial charge in [0.05, 0.1) is 12.1 Å². The first kappa shape index (κ1) is 16.0. The number of amides is 2. The first-order valence-corrected chi connectivity index (χ1v) is 9.02. The van der Waals surface area contributed by atoms with Crippen LogP contribution in [0.15, 0.2) is 17.8 Å². The van der Waals surface area contributed by atoms with Gasteiger partial charge in [-0.3, -0.25) is 14.0 Å². The second-order valence-electron chi connectivity index (χ2n) is 5.95. The summed E-state index contributed by atoms with van der Waals surface area (Å²) in [5, 5.41) is 4.92. The van der Waals surface area contributed by atoms with Gasteiger partial charge in [-0.1, -0.05) is 6.92 Å². The molecule has 124 valence electrons. The van der Waals surface area contributed by atoms with Crippen LogP contribution >= 0.6 is 11.3 Å². The smallest absolute Gasteiger partial charge is 0.228 e. The number of carbonyl (C=O) groups excluding carboxylic acids is 2. The van der Waals surface area contributed by atoms with E-state index in [9.17, 15) is 9.59 Å². The Hall–Kier alpha value is -1.89. The van der Waals surface area contributed by atoms with Crippen molar-refractivity contribution in [1.29, 1.82) is 0 Å². The Bertz CT molecular complexity index is 657. The maximum Gasteiger partial charge on any atom is 0.228 e. The monoisotopic (exact) mass is 334 g/mol. The van der Waals surface area contributed by atoms with Crippen LogP contribution in [-0.4, -0.2) is 45.7 Å². The average Bonchev–Trinajstić information content (AvgIpc) is 3.14. The van der Waals surface area contributed by atoms with Gasteiger partial charge in [-0.15, -0.1) is 11.3 Å². The summed E-state index contributed by atoms with van der Waals surface area (Å²) in [5.41, 5.74) is 0.810. The van der Waals surface area contributed by atoms with Crippen LogP contribution in [0.2, 0.25) is 0 Å². The highest BCUT2D eigenvalue weighted by Crippen LogP contribution is 2.19. The van der Waals surface area contributed by atoms with E-state index < -0.39 is 0 Å². The zero-order valence-electron chi connectivity index (χ0n) is 13.3. The summed E-state index contributed by atoms with van der Waals surface area (Å²) in [7, 11) is 0. The first-order valence-electron chi connectivity index (χ1n) is 8.14. The number of aromatic nitrogens is 2. The van der Waals surface area contributed by atoms with Crippen molar-refractivity contribution in [3.05, 3.63) is 23.5 Å². The lowest BCUT2D eigenvalue weighted by Gasteiger charge is -2.31. The third-order valence-corrected chi connectivity index (χ3v) is 5.01. The summed E-state index contributed by atoms with van der Waals surface area (Å²) in [4.78, 5) is 31.6. The van der Waals surface area contributed by atoms with Gasteiger partial charge in [-0.2, -0.15) is 0 Å². The van der Waals surface area contributed by atoms with Crippen LogP contribution in [0.1, 0.15) is 31.9 Å². The number of fused-ring (bicyclic) bond motifs is 1. The third kappa shape index (κ3) is 3.72. The highest BCUT2D eigenvalue weighted by molar-refractivity contribution is 7.15. The fraction of sp³-hybridized carbons (Fsp3) is 0.562. The van der Waals surface area contributed by atoms with Gasteiger partial charge in [0.2, 0.25) is 11.8 Å². The Kier molecular flexibility index (Phi) is 4.95. The molecule has 1 saturated heterocycles. The summed E-state index contributed by atoms with van der Waals surface area (Å²) < 4.78 is 1.94. The molecule has 2 aromatic rings. The molecule has 0 aromatic carbocycles. The highest BCUT2D eigenvalue weighted by atomic mass is 32.1. The minimum Gasteiger partial charge on any atom is -0.356 e. The summed E-state index contributed by atoms with van der Waals surface area (Å²) >= 11 is 1.56. The van der Waals surface area contributed by atoms with Crippen molar-refractivity contribution in [3.63, 3.8) is 0 Å². The first-order chi connectivity index (χ1) is 11.2. The van der Waals surface area contributed by atoms with E-state index in [2.05, 4.69) is 10.3 Å². The van der Waals surface area contributed by atoms with Crippen LogP contribution in [0.3, 0.4) is 0 Å². The van der Waals surface area contributed by atoms with Gasteiger partial charge in [0.25, 0.3) is 0 Å². The molecule has 0 atom stereocenters. The van der Waals surface area contributed by atoms with Crippen LogP contribution in [0, 0.1) is 5.92 Å². The predicted octanol–water partition coefficient (Wildman–Crippen LogP) is 1.70. The van der Waals surface area contributed by atoms with Crippen molar-refractivity contribution in [2.45, 2.75) is 32.6 Å². The minimum atomic E-state index is 0.0449. The van der Waals surface area contributed by atoms with E-state index in [0.29, 0.717) is 19.5 Å². The van der Waals surface area contributed by atoms with Crippen molar-refractivity contribution in [2.75, 3.05) is 19.6 Å². The number of carbonyl (C=O) groups is 2. The number of hydrogen-bond donors (Lipinski definition) is 1. The maximum atomic E-state index is 12.4. The Morgan fingerprint density at radius 2 is 2.17 bits per heavy atom. The lowest BCUT2D eigenvalue weighted by Crippen LogP contribution is -2.43. The number of rotatable bonds is 5. The molecule has 3 rings (SSSR count). The van der Waals surface area contributed by atoms with Gasteiger partial charge < -0.3 is 10.2 Å². The zero-order valence-corrected chi connectivity index (χ0v) is 14.1. The molecule has 1 aliphatic rings. The molecular weight excluding hydrogens is 312 g/mol. The van der Waals surface area contributed by atoms with Gasteiger partial charge in [-0.25, -0.2) is 4.98 Å². The molecule has 0 unspecified atom stereocenters. The van der Waals surface area contributed by atoms with E-state index in [4.69, 9.17) is 0 Å². The van der Waals surface area contributed by atoms with E-state index in [-0.39, 0.29) is 17.7 Å². The van der Waals surface area contributed by atoms with Crippen molar-refractivity contribution >= 4 is 28.1 Å². The highest BCUT2D eigenvalue weighted by Gasteiger charge is 2.27. The van der Waals surface area contributed by atoms with Crippen LogP contribution in [0.4, 0.5) is 0 Å². The Morgan fingerprint density at radius 1 is 1.39 bits per heavy atom. The second kappa shape index (κ2) is 7.12. The fourth-order valence-electron chi connectivity index (χ4n) is 2.91. The van der Waals surface area contributed by atoms with E-state index in [1.54, 1.807) is 11.3 Å². The Labute approximate surface area is 139 Å². The van der Waals surface area contributed by atoms with Crippen LogP contribution in [0.25, 0.3) is 4.96 Å². The molecule has 0 radical (unpaired) electrons. The van der Waals surface area contributed by atoms with Crippen molar-refractivity contribution in [2.24, 2.45) is 5.92 Å². The molecule has 1 N–H and O–H groups in total. The van der Waals surface area contributed by atoms with Gasteiger partial charge in [0, 0.05) is 43.3 Å². The molecule has 0 bridgehead atoms. The van der Waals surface area contributed by atoms with E-state index in [1.165, 1.54) is 0 Å². The maximum absolute atomic E-state index is 12.4. The summed E-state index contributed by atoms with van der Waals surface area (Å²) in [6.45, 7) is 4.09. The van der Waals surface area contributed by atoms with Gasteiger partial charge in [0.15, 0.2) is 4.96 Å². The van der Waals surface area contributed by atoms with Crippen LogP contribution in [0.5, 0.6) is 0 Å². The zero-order chi connectivity index (χ0) is 16.2. The second-order valence-corrected chi connectivity index (χ2v) is 6.82. The van der Waals surface area contributed by atoms with Crippen molar-refractivity contribution in [3.8, 4) is 0 Å². The molecule has 0 saturated carbocycles. The van der Waals surface area contributed by atoms with Crippen molar-refractivity contribution in [1.82, 2.24) is 19.6 Å². The standard InChI is InChI=1S/C16H22N4O2S/c1-2-5-17-15(22)12-3-6-19(7-4-12)14(21)10-13-11-20-8-9-23-16(20)18-13/h8-9,11-12H,2-7,10H2,1H3,(H,17,22). The molecule has 3 heterocycles. The number of likely N-dealkylation sites (tertiary alicyclic amines) is 1. The summed E-state index contributed by atoms with van der Waals surface area (Å²) in [6.07, 6.45) is 6.64. The molecule has 1 fully saturated rings. The van der Waals surface area contributed by atoms with Crippen LogP contribution < -0.4 is 5.32 Å². The topological polar surface area (TPSA) is 66.7 Å². The lowest BCUT2D eigenvalue weighted by atomic mass is 9.95. The SMILES string of the molecule is CCCNC(=O)C1CCN(C(=O)Cc2cn3ccsc3n2)CC1. The number of imidazole rings is 1. The minimum absolute atomic E-state index is 0.0449. The third-order valence-electron chi connectivity index (χ3n) is 4.24. The number of hydrogen-bond acceptors (Lipinski definition) is 4. The number of piperidine rings is 1. The lowest BCUT2D eigenvalue weighted by molar-refractivity contribution is -0.135. The largest absolute Gasteiger partial charge is 0.356 e. The quantitative estimate of drug-likeness (QED) is 0.905.